The highest BCUT2D eigenvalue weighted by Gasteiger charge is 2.32. The largest absolute Gasteiger partial charge is 0.445 e. The van der Waals surface area contributed by atoms with Crippen molar-refractivity contribution in [1.82, 2.24) is 31.2 Å². The van der Waals surface area contributed by atoms with E-state index in [0.717, 1.165) is 27.5 Å². The van der Waals surface area contributed by atoms with Crippen LogP contribution in [-0.4, -0.2) is 69.7 Å². The lowest BCUT2D eigenvalue weighted by Crippen LogP contribution is -2.57. The van der Waals surface area contributed by atoms with Gasteiger partial charge < -0.3 is 36.1 Å². The monoisotopic (exact) mass is 746 g/mol. The normalized spacial score (nSPS) is 13.3. The first-order valence-electron chi connectivity index (χ1n) is 18.7. The van der Waals surface area contributed by atoms with Crippen LogP contribution < -0.4 is 21.3 Å². The van der Waals surface area contributed by atoms with E-state index in [1.807, 2.05) is 117 Å². The van der Waals surface area contributed by atoms with Gasteiger partial charge in [0.25, 0.3) is 0 Å². The maximum Gasteiger partial charge on any atom is 0.408 e. The van der Waals surface area contributed by atoms with Gasteiger partial charge >= 0.3 is 6.09 Å². The minimum atomic E-state index is -1.19. The van der Waals surface area contributed by atoms with E-state index >= 15 is 0 Å². The average molecular weight is 747 g/mol. The van der Waals surface area contributed by atoms with Crippen molar-refractivity contribution in [2.75, 3.05) is 6.54 Å². The van der Waals surface area contributed by atoms with Gasteiger partial charge in [0, 0.05) is 25.6 Å². The molecule has 0 aliphatic rings. The Kier molecular flexibility index (Phi) is 14.9. The molecule has 0 fully saturated rings. The molecule has 0 saturated carbocycles. The minimum Gasteiger partial charge on any atom is -0.445 e. The number of H-pyrrole nitrogens is 1. The van der Waals surface area contributed by atoms with Crippen LogP contribution >= 0.6 is 0 Å². The Morgan fingerprint density at radius 2 is 1.42 bits per heavy atom. The molecule has 1 heterocycles. The second-order valence-corrected chi connectivity index (χ2v) is 14.0. The number of aromatic nitrogens is 2. The first kappa shape index (κ1) is 40.2. The number of aliphatic hydroxyl groups is 1. The molecule has 12 nitrogen and oxygen atoms in total. The van der Waals surface area contributed by atoms with Crippen molar-refractivity contribution in [3.63, 3.8) is 0 Å². The third-order valence-electron chi connectivity index (χ3n) is 9.22. The summed E-state index contributed by atoms with van der Waals surface area (Å²) >= 11 is 0. The lowest BCUT2D eigenvalue weighted by atomic mass is 9.96. The molecule has 5 aromatic rings. The minimum absolute atomic E-state index is 0.00405. The summed E-state index contributed by atoms with van der Waals surface area (Å²) in [5.74, 6) is -1.45. The van der Waals surface area contributed by atoms with Crippen molar-refractivity contribution in [2.24, 2.45) is 5.92 Å². The fourth-order valence-electron chi connectivity index (χ4n) is 6.40. The van der Waals surface area contributed by atoms with Crippen molar-refractivity contribution < 1.29 is 29.0 Å². The predicted octanol–water partition coefficient (Wildman–Crippen LogP) is 4.77. The number of rotatable bonds is 19. The summed E-state index contributed by atoms with van der Waals surface area (Å²) < 4.78 is 5.48. The Balaban J connectivity index is 1.30. The van der Waals surface area contributed by atoms with Gasteiger partial charge in [-0.05, 0) is 46.2 Å². The van der Waals surface area contributed by atoms with E-state index in [2.05, 4.69) is 31.2 Å². The number of nitrogens with zero attached hydrogens (tertiary/aromatic N) is 1. The highest BCUT2D eigenvalue weighted by molar-refractivity contribution is 5.93. The summed E-state index contributed by atoms with van der Waals surface area (Å²) in [6, 6.07) is 29.4. The van der Waals surface area contributed by atoms with Gasteiger partial charge in [0.2, 0.25) is 17.7 Å². The van der Waals surface area contributed by atoms with Crippen molar-refractivity contribution in [1.29, 1.82) is 0 Å². The van der Waals surface area contributed by atoms with Crippen LogP contribution in [0.2, 0.25) is 0 Å². The number of alkyl carbamates (subject to hydrolysis) is 1. The summed E-state index contributed by atoms with van der Waals surface area (Å²) in [4.78, 5) is 61.4. The Morgan fingerprint density at radius 1 is 0.764 bits per heavy atom. The number of carbonyl (C=O) groups is 4. The van der Waals surface area contributed by atoms with E-state index in [4.69, 9.17) is 4.74 Å². The molecule has 0 unspecified atom stereocenters. The second kappa shape index (κ2) is 20.4. The molecule has 4 aromatic carbocycles. The van der Waals surface area contributed by atoms with Gasteiger partial charge in [-0.15, -0.1) is 0 Å². The first-order chi connectivity index (χ1) is 26.6. The van der Waals surface area contributed by atoms with Gasteiger partial charge in [-0.3, -0.25) is 14.4 Å². The zero-order valence-electron chi connectivity index (χ0n) is 31.2. The summed E-state index contributed by atoms with van der Waals surface area (Å²) in [5, 5.41) is 24.5. The topological polar surface area (TPSA) is 175 Å². The van der Waals surface area contributed by atoms with Crippen LogP contribution in [0, 0.1) is 5.92 Å². The molecule has 0 bridgehead atoms. The SMILES string of the molecule is CC(C)C[C@H](NC(=O)[C@H](Cc1c[nH]cn1)NC(=O)[C@H](Cc1cccc2ccccc12)NC(=O)OCc1ccccc1)[C@@H](O)CC(=O)NCCc1ccccc1. The van der Waals surface area contributed by atoms with Crippen LogP contribution in [0.1, 0.15) is 49.1 Å². The Labute approximate surface area is 321 Å². The van der Waals surface area contributed by atoms with E-state index in [0.29, 0.717) is 25.1 Å². The average Bonchev–Trinajstić information content (AvgIpc) is 3.70. The van der Waals surface area contributed by atoms with E-state index < -0.39 is 42.1 Å². The fourth-order valence-corrected chi connectivity index (χ4v) is 6.40. The number of imidazole rings is 1. The van der Waals surface area contributed by atoms with E-state index in [-0.39, 0.29) is 37.7 Å². The smallest absolute Gasteiger partial charge is 0.408 e. The molecule has 5 rings (SSSR count). The molecule has 0 radical (unpaired) electrons. The third kappa shape index (κ3) is 12.8. The Morgan fingerprint density at radius 3 is 2.13 bits per heavy atom. The molecule has 55 heavy (non-hydrogen) atoms. The second-order valence-electron chi connectivity index (χ2n) is 14.0. The zero-order valence-corrected chi connectivity index (χ0v) is 31.2. The van der Waals surface area contributed by atoms with Crippen molar-refractivity contribution in [3.8, 4) is 0 Å². The van der Waals surface area contributed by atoms with Gasteiger partial charge in [0.05, 0.1) is 30.6 Å². The van der Waals surface area contributed by atoms with Crippen LogP contribution in [0.15, 0.2) is 116 Å². The quantitative estimate of drug-likeness (QED) is 0.0706. The molecule has 0 saturated heterocycles. The van der Waals surface area contributed by atoms with Gasteiger partial charge in [0.15, 0.2) is 0 Å². The Bertz CT molecular complexity index is 1970. The highest BCUT2D eigenvalue weighted by Crippen LogP contribution is 2.20. The molecule has 12 heteroatoms. The van der Waals surface area contributed by atoms with Crippen LogP contribution in [0.3, 0.4) is 0 Å². The van der Waals surface area contributed by atoms with Crippen molar-refractivity contribution in [2.45, 2.75) is 76.8 Å². The molecule has 4 amide bonds. The maximum absolute atomic E-state index is 14.2. The van der Waals surface area contributed by atoms with Gasteiger partial charge in [-0.1, -0.05) is 117 Å². The van der Waals surface area contributed by atoms with Crippen LogP contribution in [0.25, 0.3) is 10.8 Å². The molecule has 288 valence electrons. The molecular formula is C43H50N6O6. The van der Waals surface area contributed by atoms with E-state index in [9.17, 15) is 24.3 Å². The molecule has 0 aliphatic carbocycles. The van der Waals surface area contributed by atoms with Gasteiger partial charge in [-0.25, -0.2) is 9.78 Å². The number of aromatic amines is 1. The fraction of sp³-hybridized carbons (Fsp3) is 0.326. The standard InChI is InChI=1S/C43H50N6O6/c1-29(2)22-36(39(50)25-40(51)45-21-20-30-12-5-3-6-13-30)47-42(53)38(24-34-26-44-28-46-34)48-41(52)37(49-43(54)55-27-31-14-7-4-8-15-31)23-33-18-11-17-32-16-9-10-19-35(32)33/h3-19,26,28-29,36-39,50H,20-25,27H2,1-2H3,(H,44,46)(H,45,51)(H,47,53)(H,48,52)(H,49,54)/t36-,37-,38-,39-/m0/s1. The number of ether oxygens (including phenoxy) is 1. The first-order valence-corrected chi connectivity index (χ1v) is 18.7. The number of amides is 4. The van der Waals surface area contributed by atoms with Crippen molar-refractivity contribution in [3.05, 3.63) is 138 Å². The number of fused-ring (bicyclic) bond motifs is 1. The summed E-state index contributed by atoms with van der Waals surface area (Å²) in [6.45, 7) is 4.32. The number of aliphatic hydroxyl groups excluding tert-OH is 1. The third-order valence-corrected chi connectivity index (χ3v) is 9.22. The highest BCUT2D eigenvalue weighted by atomic mass is 16.5. The molecule has 0 spiro atoms. The zero-order chi connectivity index (χ0) is 39.0. The van der Waals surface area contributed by atoms with Crippen LogP contribution in [0.4, 0.5) is 4.79 Å². The van der Waals surface area contributed by atoms with E-state index in [1.54, 1.807) is 6.20 Å². The lowest BCUT2D eigenvalue weighted by molar-refractivity contribution is -0.131. The number of hydrogen-bond acceptors (Lipinski definition) is 7. The number of benzene rings is 4. The number of nitrogens with one attached hydrogen (secondary N) is 5. The van der Waals surface area contributed by atoms with Crippen molar-refractivity contribution >= 4 is 34.6 Å². The summed E-state index contributed by atoms with van der Waals surface area (Å²) in [7, 11) is 0. The molecular weight excluding hydrogens is 697 g/mol. The molecule has 1 aromatic heterocycles. The van der Waals surface area contributed by atoms with Gasteiger partial charge in [-0.2, -0.15) is 0 Å². The van der Waals surface area contributed by atoms with Gasteiger partial charge in [0.1, 0.15) is 18.7 Å². The lowest BCUT2D eigenvalue weighted by Gasteiger charge is -2.29. The summed E-state index contributed by atoms with van der Waals surface area (Å²) in [6.07, 6.45) is 2.05. The predicted molar refractivity (Wildman–Crippen MR) is 211 cm³/mol. The van der Waals surface area contributed by atoms with Crippen LogP contribution in [-0.2, 0) is 45.0 Å². The molecule has 6 N–H and O–H groups in total. The number of hydrogen-bond donors (Lipinski definition) is 6. The van der Waals surface area contributed by atoms with E-state index in [1.165, 1.54) is 6.33 Å². The molecule has 0 aliphatic heterocycles. The maximum atomic E-state index is 14.2. The summed E-state index contributed by atoms with van der Waals surface area (Å²) in [5.41, 5.74) is 3.19. The Hall–Kier alpha value is -6.01. The number of carbonyl (C=O) groups excluding carboxylic acids is 4. The van der Waals surface area contributed by atoms with Crippen LogP contribution in [0.5, 0.6) is 0 Å². The molecule has 4 atom stereocenters.